The van der Waals surface area contributed by atoms with Crippen molar-refractivity contribution >= 4 is 17.7 Å². The monoisotopic (exact) mass is 314 g/mol. The number of likely N-dealkylation sites (tertiary alicyclic amines) is 2. The number of imide groups is 1. The fraction of sp³-hybridized carbons (Fsp3) is 0.500. The van der Waals surface area contributed by atoms with Crippen molar-refractivity contribution in [3.63, 3.8) is 0 Å². The third kappa shape index (κ3) is 3.60. The van der Waals surface area contributed by atoms with Crippen molar-refractivity contribution in [2.24, 2.45) is 0 Å². The van der Waals surface area contributed by atoms with Gasteiger partial charge >= 0.3 is 0 Å². The Morgan fingerprint density at radius 1 is 1.09 bits per heavy atom. The topological polar surface area (TPSA) is 57.7 Å². The molecule has 2 saturated heterocycles. The second-order valence-electron chi connectivity index (χ2n) is 6.26. The molecule has 2 aliphatic heterocycles. The van der Waals surface area contributed by atoms with Crippen LogP contribution in [-0.4, -0.2) is 46.7 Å². The fourth-order valence-electron chi connectivity index (χ4n) is 3.49. The van der Waals surface area contributed by atoms with Gasteiger partial charge in [0.25, 0.3) is 0 Å². The highest BCUT2D eigenvalue weighted by Gasteiger charge is 2.32. The predicted molar refractivity (Wildman–Crippen MR) is 85.5 cm³/mol. The van der Waals surface area contributed by atoms with E-state index in [1.54, 1.807) is 0 Å². The summed E-state index contributed by atoms with van der Waals surface area (Å²) >= 11 is 0. The molecule has 5 heteroatoms. The van der Waals surface area contributed by atoms with Gasteiger partial charge in [0.15, 0.2) is 0 Å². The van der Waals surface area contributed by atoms with Crippen molar-refractivity contribution in [1.29, 1.82) is 0 Å². The predicted octanol–water partition coefficient (Wildman–Crippen LogP) is 1.76. The van der Waals surface area contributed by atoms with Crippen molar-refractivity contribution < 1.29 is 14.4 Å². The van der Waals surface area contributed by atoms with E-state index in [4.69, 9.17) is 0 Å². The lowest BCUT2D eigenvalue weighted by Crippen LogP contribution is -2.39. The molecule has 0 N–H and O–H groups in total. The van der Waals surface area contributed by atoms with Crippen LogP contribution in [-0.2, 0) is 20.8 Å². The summed E-state index contributed by atoms with van der Waals surface area (Å²) in [5.41, 5.74) is 1.24. The maximum atomic E-state index is 12.5. The molecular formula is C18H22N2O3. The number of amides is 3. The summed E-state index contributed by atoms with van der Waals surface area (Å²) < 4.78 is 0. The summed E-state index contributed by atoms with van der Waals surface area (Å²) in [5, 5.41) is 0. The number of benzene rings is 1. The highest BCUT2D eigenvalue weighted by molar-refractivity contribution is 6.02. The van der Waals surface area contributed by atoms with E-state index < -0.39 is 0 Å². The standard InChI is InChI=1S/C18H22N2O3/c21-16-8-9-17(22)20(16)12-10-18(23)19-11-4-7-15(19)13-14-5-2-1-3-6-14/h1-3,5-6,15H,4,7-13H2. The molecule has 0 aromatic heterocycles. The van der Waals surface area contributed by atoms with Gasteiger partial charge in [0.1, 0.15) is 0 Å². The molecule has 3 amide bonds. The van der Waals surface area contributed by atoms with Crippen molar-refractivity contribution in [3.8, 4) is 0 Å². The summed E-state index contributed by atoms with van der Waals surface area (Å²) in [7, 11) is 0. The molecule has 1 aromatic rings. The Labute approximate surface area is 136 Å². The van der Waals surface area contributed by atoms with Crippen LogP contribution < -0.4 is 0 Å². The number of nitrogens with zero attached hydrogens (tertiary/aromatic N) is 2. The lowest BCUT2D eigenvalue weighted by molar-refractivity contribution is -0.139. The SMILES string of the molecule is O=C1CCC(=O)N1CCC(=O)N1CCCC1Cc1ccccc1. The van der Waals surface area contributed by atoms with Crippen LogP contribution in [0.4, 0.5) is 0 Å². The third-order valence-corrected chi connectivity index (χ3v) is 4.72. The molecule has 0 aliphatic carbocycles. The average molecular weight is 314 g/mol. The molecule has 0 bridgehead atoms. The van der Waals surface area contributed by atoms with E-state index in [1.807, 2.05) is 23.1 Å². The molecule has 122 valence electrons. The number of hydrogen-bond acceptors (Lipinski definition) is 3. The molecule has 5 nitrogen and oxygen atoms in total. The summed E-state index contributed by atoms with van der Waals surface area (Å²) in [4.78, 5) is 38.9. The molecule has 1 unspecified atom stereocenters. The zero-order chi connectivity index (χ0) is 16.2. The first-order valence-corrected chi connectivity index (χ1v) is 8.32. The van der Waals surface area contributed by atoms with Crippen LogP contribution >= 0.6 is 0 Å². The summed E-state index contributed by atoms with van der Waals surface area (Å²) in [6, 6.07) is 10.4. The van der Waals surface area contributed by atoms with Crippen LogP contribution in [0, 0.1) is 0 Å². The molecular weight excluding hydrogens is 292 g/mol. The summed E-state index contributed by atoms with van der Waals surface area (Å²) in [6.45, 7) is 1.00. The first-order valence-electron chi connectivity index (χ1n) is 8.32. The van der Waals surface area contributed by atoms with E-state index in [-0.39, 0.29) is 49.6 Å². The van der Waals surface area contributed by atoms with Gasteiger partial charge in [0.05, 0.1) is 0 Å². The second-order valence-corrected chi connectivity index (χ2v) is 6.26. The van der Waals surface area contributed by atoms with E-state index in [2.05, 4.69) is 12.1 Å². The van der Waals surface area contributed by atoms with Gasteiger partial charge in [-0.25, -0.2) is 0 Å². The molecule has 0 radical (unpaired) electrons. The van der Waals surface area contributed by atoms with Crippen LogP contribution in [0.5, 0.6) is 0 Å². The quantitative estimate of drug-likeness (QED) is 0.778. The van der Waals surface area contributed by atoms with Gasteiger partial charge in [-0.1, -0.05) is 30.3 Å². The van der Waals surface area contributed by atoms with Crippen LogP contribution in [0.3, 0.4) is 0 Å². The normalized spacial score (nSPS) is 21.3. The maximum absolute atomic E-state index is 12.5. The third-order valence-electron chi connectivity index (χ3n) is 4.72. The summed E-state index contributed by atoms with van der Waals surface area (Å²) in [5.74, 6) is -0.244. The smallest absolute Gasteiger partial charge is 0.229 e. The average Bonchev–Trinajstić information content (AvgIpc) is 3.14. The van der Waals surface area contributed by atoms with Gasteiger partial charge in [-0.3, -0.25) is 19.3 Å². The first-order chi connectivity index (χ1) is 11.1. The Bertz CT molecular complexity index is 584. The van der Waals surface area contributed by atoms with Crippen molar-refractivity contribution in [1.82, 2.24) is 9.80 Å². The van der Waals surface area contributed by atoms with E-state index in [0.717, 1.165) is 25.8 Å². The second kappa shape index (κ2) is 6.94. The first kappa shape index (κ1) is 15.7. The molecule has 1 aromatic carbocycles. The zero-order valence-corrected chi connectivity index (χ0v) is 13.2. The lowest BCUT2D eigenvalue weighted by Gasteiger charge is -2.25. The summed E-state index contributed by atoms with van der Waals surface area (Å²) in [6.07, 6.45) is 3.71. The van der Waals surface area contributed by atoms with E-state index >= 15 is 0 Å². The van der Waals surface area contributed by atoms with E-state index in [9.17, 15) is 14.4 Å². The molecule has 1 atom stereocenters. The molecule has 2 fully saturated rings. The molecule has 23 heavy (non-hydrogen) atoms. The molecule has 0 spiro atoms. The van der Waals surface area contributed by atoms with Gasteiger partial charge in [-0.05, 0) is 24.8 Å². The van der Waals surface area contributed by atoms with Crippen molar-refractivity contribution in [3.05, 3.63) is 35.9 Å². The van der Waals surface area contributed by atoms with Crippen LogP contribution in [0.25, 0.3) is 0 Å². The minimum absolute atomic E-state index is 0.0518. The van der Waals surface area contributed by atoms with Crippen LogP contribution in [0.2, 0.25) is 0 Å². The minimum Gasteiger partial charge on any atom is -0.339 e. The molecule has 3 rings (SSSR count). The molecule has 0 saturated carbocycles. The Hall–Kier alpha value is -2.17. The lowest BCUT2D eigenvalue weighted by atomic mass is 10.0. The molecule has 2 heterocycles. The van der Waals surface area contributed by atoms with Crippen LogP contribution in [0.15, 0.2) is 30.3 Å². The zero-order valence-electron chi connectivity index (χ0n) is 13.2. The molecule has 2 aliphatic rings. The van der Waals surface area contributed by atoms with Gasteiger partial charge < -0.3 is 4.90 Å². The number of rotatable bonds is 5. The van der Waals surface area contributed by atoms with Gasteiger partial charge in [-0.15, -0.1) is 0 Å². The fourth-order valence-corrected chi connectivity index (χ4v) is 3.49. The van der Waals surface area contributed by atoms with Crippen molar-refractivity contribution in [2.45, 2.75) is 44.6 Å². The minimum atomic E-state index is -0.148. The maximum Gasteiger partial charge on any atom is 0.229 e. The van der Waals surface area contributed by atoms with Crippen LogP contribution in [0.1, 0.15) is 37.7 Å². The number of carbonyl (C=O) groups excluding carboxylic acids is 3. The van der Waals surface area contributed by atoms with E-state index in [0.29, 0.717) is 0 Å². The Morgan fingerprint density at radius 3 is 2.48 bits per heavy atom. The number of carbonyl (C=O) groups is 3. The number of hydrogen-bond donors (Lipinski definition) is 0. The largest absolute Gasteiger partial charge is 0.339 e. The van der Waals surface area contributed by atoms with Gasteiger partial charge in [0, 0.05) is 38.4 Å². The highest BCUT2D eigenvalue weighted by Crippen LogP contribution is 2.22. The van der Waals surface area contributed by atoms with Gasteiger partial charge in [0.2, 0.25) is 17.7 Å². The van der Waals surface area contributed by atoms with Gasteiger partial charge in [-0.2, -0.15) is 0 Å². The Morgan fingerprint density at radius 2 is 1.78 bits per heavy atom. The Kier molecular flexibility index (Phi) is 4.74. The highest BCUT2D eigenvalue weighted by atomic mass is 16.2. The van der Waals surface area contributed by atoms with Crippen molar-refractivity contribution in [2.75, 3.05) is 13.1 Å². The van der Waals surface area contributed by atoms with E-state index in [1.165, 1.54) is 10.5 Å². The Balaban J connectivity index is 1.55.